The molecule has 1 N–H and O–H groups in total. The molecule has 0 aliphatic heterocycles. The van der Waals surface area contributed by atoms with Crippen LogP contribution in [0.25, 0.3) is 11.3 Å². The third kappa shape index (κ3) is 3.14. The first-order valence-corrected chi connectivity index (χ1v) is 6.86. The molecule has 1 aromatic heterocycles. The van der Waals surface area contributed by atoms with Crippen LogP contribution in [0, 0.1) is 0 Å². The molecule has 0 saturated carbocycles. The van der Waals surface area contributed by atoms with E-state index in [4.69, 9.17) is 5.11 Å². The summed E-state index contributed by atoms with van der Waals surface area (Å²) >= 11 is 1.67. The van der Waals surface area contributed by atoms with Gasteiger partial charge in [0.2, 0.25) is 0 Å². The third-order valence-electron chi connectivity index (χ3n) is 2.76. The Kier molecular flexibility index (Phi) is 4.29. The molecular weight excluding hydrogens is 230 g/mol. The zero-order valence-corrected chi connectivity index (χ0v) is 10.8. The van der Waals surface area contributed by atoms with Gasteiger partial charge in [0.25, 0.3) is 0 Å². The lowest BCUT2D eigenvalue weighted by molar-refractivity contribution is 0.288. The van der Waals surface area contributed by atoms with Gasteiger partial charge in [-0.05, 0) is 18.4 Å². The third-order valence-corrected chi connectivity index (χ3v) is 3.67. The molecule has 0 atom stereocenters. The van der Waals surface area contributed by atoms with E-state index < -0.39 is 0 Å². The SMILES string of the molecule is CCc1ccc(-c2csc(CCCO)n2)cc1. The zero-order valence-electron chi connectivity index (χ0n) is 10.0. The Morgan fingerprint density at radius 3 is 2.65 bits per heavy atom. The second kappa shape index (κ2) is 5.94. The van der Waals surface area contributed by atoms with E-state index in [0.717, 1.165) is 30.0 Å². The molecule has 0 amide bonds. The van der Waals surface area contributed by atoms with Crippen molar-refractivity contribution in [2.24, 2.45) is 0 Å². The summed E-state index contributed by atoms with van der Waals surface area (Å²) in [7, 11) is 0. The van der Waals surface area contributed by atoms with E-state index in [1.165, 1.54) is 11.1 Å². The molecule has 1 heterocycles. The molecule has 0 saturated heterocycles. The van der Waals surface area contributed by atoms with Gasteiger partial charge in [0, 0.05) is 24.0 Å². The van der Waals surface area contributed by atoms with Crippen molar-refractivity contribution < 1.29 is 5.11 Å². The van der Waals surface area contributed by atoms with Gasteiger partial charge in [0.05, 0.1) is 10.7 Å². The van der Waals surface area contributed by atoms with Gasteiger partial charge >= 0.3 is 0 Å². The van der Waals surface area contributed by atoms with E-state index >= 15 is 0 Å². The highest BCUT2D eigenvalue weighted by atomic mass is 32.1. The summed E-state index contributed by atoms with van der Waals surface area (Å²) in [6.45, 7) is 2.39. The molecule has 0 aliphatic carbocycles. The topological polar surface area (TPSA) is 33.1 Å². The second-order valence-electron chi connectivity index (χ2n) is 4.00. The van der Waals surface area contributed by atoms with Gasteiger partial charge in [0.15, 0.2) is 0 Å². The van der Waals surface area contributed by atoms with Crippen LogP contribution in [0.3, 0.4) is 0 Å². The van der Waals surface area contributed by atoms with Crippen molar-refractivity contribution in [3.05, 3.63) is 40.2 Å². The van der Waals surface area contributed by atoms with E-state index in [0.29, 0.717) is 0 Å². The van der Waals surface area contributed by atoms with Gasteiger partial charge in [0.1, 0.15) is 0 Å². The molecule has 0 aliphatic rings. The minimum atomic E-state index is 0.236. The minimum Gasteiger partial charge on any atom is -0.396 e. The number of rotatable bonds is 5. The summed E-state index contributed by atoms with van der Waals surface area (Å²) in [4.78, 5) is 4.58. The minimum absolute atomic E-state index is 0.236. The first kappa shape index (κ1) is 12.3. The van der Waals surface area contributed by atoms with Crippen molar-refractivity contribution in [3.8, 4) is 11.3 Å². The van der Waals surface area contributed by atoms with Crippen molar-refractivity contribution >= 4 is 11.3 Å². The molecule has 0 spiro atoms. The van der Waals surface area contributed by atoms with Crippen LogP contribution < -0.4 is 0 Å². The van der Waals surface area contributed by atoms with Gasteiger partial charge in [-0.1, -0.05) is 31.2 Å². The fraction of sp³-hybridized carbons (Fsp3) is 0.357. The predicted molar refractivity (Wildman–Crippen MR) is 72.3 cm³/mol. The number of aryl methyl sites for hydroxylation is 2. The fourth-order valence-corrected chi connectivity index (χ4v) is 2.55. The lowest BCUT2D eigenvalue weighted by Gasteiger charge is -1.99. The molecule has 90 valence electrons. The maximum Gasteiger partial charge on any atom is 0.0933 e. The number of hydrogen-bond donors (Lipinski definition) is 1. The van der Waals surface area contributed by atoms with Crippen LogP contribution >= 0.6 is 11.3 Å². The predicted octanol–water partition coefficient (Wildman–Crippen LogP) is 3.30. The van der Waals surface area contributed by atoms with Crippen LogP contribution in [0.4, 0.5) is 0 Å². The number of thiazole rings is 1. The largest absolute Gasteiger partial charge is 0.396 e. The number of aliphatic hydroxyl groups excluding tert-OH is 1. The lowest BCUT2D eigenvalue weighted by atomic mass is 10.1. The summed E-state index contributed by atoms with van der Waals surface area (Å²) in [6.07, 6.45) is 2.73. The highest BCUT2D eigenvalue weighted by molar-refractivity contribution is 7.09. The molecule has 3 heteroatoms. The molecule has 2 rings (SSSR count). The molecule has 0 bridgehead atoms. The molecule has 0 unspecified atom stereocenters. The van der Waals surface area contributed by atoms with Crippen molar-refractivity contribution in [3.63, 3.8) is 0 Å². The quantitative estimate of drug-likeness (QED) is 0.879. The van der Waals surface area contributed by atoms with Gasteiger partial charge in [-0.2, -0.15) is 0 Å². The first-order chi connectivity index (χ1) is 8.33. The van der Waals surface area contributed by atoms with Crippen molar-refractivity contribution in [1.29, 1.82) is 0 Å². The Morgan fingerprint density at radius 1 is 1.24 bits per heavy atom. The average molecular weight is 247 g/mol. The Hall–Kier alpha value is -1.19. The maximum absolute atomic E-state index is 8.79. The van der Waals surface area contributed by atoms with Gasteiger partial charge < -0.3 is 5.11 Å². The second-order valence-corrected chi connectivity index (χ2v) is 4.95. The molecule has 2 aromatic rings. The van der Waals surface area contributed by atoms with Gasteiger partial charge in [-0.3, -0.25) is 0 Å². The lowest BCUT2D eigenvalue weighted by Crippen LogP contribution is -1.88. The van der Waals surface area contributed by atoms with E-state index in [1.807, 2.05) is 0 Å². The van der Waals surface area contributed by atoms with E-state index in [9.17, 15) is 0 Å². The summed E-state index contributed by atoms with van der Waals surface area (Å²) < 4.78 is 0. The van der Waals surface area contributed by atoms with Crippen LogP contribution in [-0.2, 0) is 12.8 Å². The summed E-state index contributed by atoms with van der Waals surface area (Å²) in [6, 6.07) is 8.57. The first-order valence-electron chi connectivity index (χ1n) is 5.98. The number of aromatic nitrogens is 1. The Balaban J connectivity index is 2.12. The molecule has 1 aromatic carbocycles. The van der Waals surface area contributed by atoms with Crippen LogP contribution in [0.5, 0.6) is 0 Å². The number of nitrogens with zero attached hydrogens (tertiary/aromatic N) is 1. The number of aliphatic hydroxyl groups is 1. The summed E-state index contributed by atoms with van der Waals surface area (Å²) in [5.74, 6) is 0. The smallest absolute Gasteiger partial charge is 0.0933 e. The fourth-order valence-electron chi connectivity index (χ4n) is 1.70. The van der Waals surface area contributed by atoms with Crippen LogP contribution in [0.1, 0.15) is 23.9 Å². The Labute approximate surface area is 106 Å². The highest BCUT2D eigenvalue weighted by Gasteiger charge is 2.04. The number of benzene rings is 1. The zero-order chi connectivity index (χ0) is 12.1. The van der Waals surface area contributed by atoms with E-state index in [-0.39, 0.29) is 6.61 Å². The molecule has 17 heavy (non-hydrogen) atoms. The van der Waals surface area contributed by atoms with Gasteiger partial charge in [-0.15, -0.1) is 11.3 Å². The monoisotopic (exact) mass is 247 g/mol. The van der Waals surface area contributed by atoms with Crippen molar-refractivity contribution in [1.82, 2.24) is 4.98 Å². The number of hydrogen-bond acceptors (Lipinski definition) is 3. The molecule has 0 fully saturated rings. The molecule has 0 radical (unpaired) electrons. The average Bonchev–Trinajstić information content (AvgIpc) is 2.85. The van der Waals surface area contributed by atoms with Crippen LogP contribution in [0.2, 0.25) is 0 Å². The van der Waals surface area contributed by atoms with Crippen LogP contribution in [-0.4, -0.2) is 16.7 Å². The maximum atomic E-state index is 8.79. The Bertz CT molecular complexity index is 461. The Morgan fingerprint density at radius 2 is 2.00 bits per heavy atom. The highest BCUT2D eigenvalue weighted by Crippen LogP contribution is 2.23. The van der Waals surface area contributed by atoms with E-state index in [1.54, 1.807) is 11.3 Å². The summed E-state index contributed by atoms with van der Waals surface area (Å²) in [5.41, 5.74) is 3.57. The van der Waals surface area contributed by atoms with Gasteiger partial charge in [-0.25, -0.2) is 4.98 Å². The molecule has 2 nitrogen and oxygen atoms in total. The standard InChI is InChI=1S/C14H17NOS/c1-2-11-5-7-12(8-6-11)13-10-17-14(15-13)4-3-9-16/h5-8,10,16H,2-4,9H2,1H3. The normalized spacial score (nSPS) is 10.7. The van der Waals surface area contributed by atoms with Crippen LogP contribution in [0.15, 0.2) is 29.6 Å². The summed E-state index contributed by atoms with van der Waals surface area (Å²) in [5, 5.41) is 12.0. The van der Waals surface area contributed by atoms with Crippen molar-refractivity contribution in [2.45, 2.75) is 26.2 Å². The van der Waals surface area contributed by atoms with E-state index in [2.05, 4.69) is 41.6 Å². The van der Waals surface area contributed by atoms with Crippen molar-refractivity contribution in [2.75, 3.05) is 6.61 Å². The molecular formula is C14H17NOS.